The molecule has 29 heavy (non-hydrogen) atoms. The number of nitrogens with one attached hydrogen (secondary N) is 1. The first-order valence-electron chi connectivity index (χ1n) is 9.35. The van der Waals surface area contributed by atoms with Crippen LogP contribution >= 0.6 is 0 Å². The van der Waals surface area contributed by atoms with Crippen molar-refractivity contribution in [2.24, 2.45) is 0 Å². The van der Waals surface area contributed by atoms with Gasteiger partial charge >= 0.3 is 0 Å². The minimum atomic E-state index is -0.264. The number of fused-ring (bicyclic) bond motifs is 1. The normalized spacial score (nSPS) is 11.2. The van der Waals surface area contributed by atoms with Crippen LogP contribution in [0.25, 0.3) is 22.4 Å². The van der Waals surface area contributed by atoms with Crippen molar-refractivity contribution >= 4 is 22.7 Å². The molecule has 4 aromatic rings. The van der Waals surface area contributed by atoms with Crippen LogP contribution in [0.5, 0.6) is 0 Å². The summed E-state index contributed by atoms with van der Waals surface area (Å²) in [6.07, 6.45) is 0. The fraction of sp³-hybridized carbons (Fsp3) is 0.273. The van der Waals surface area contributed by atoms with Gasteiger partial charge in [-0.05, 0) is 65.3 Å². The molecule has 4 rings (SSSR count). The summed E-state index contributed by atoms with van der Waals surface area (Å²) < 4.78 is 11.0. The maximum Gasteiger partial charge on any atom is 0.259 e. The Balaban J connectivity index is 1.85. The molecule has 7 nitrogen and oxygen atoms in total. The van der Waals surface area contributed by atoms with Crippen LogP contribution in [0.2, 0.25) is 0 Å². The number of aromatic nitrogens is 3. The summed E-state index contributed by atoms with van der Waals surface area (Å²) in [5, 5.41) is 7.61. The molecule has 1 amide bonds. The van der Waals surface area contributed by atoms with E-state index in [1.165, 1.54) is 0 Å². The number of anilines is 1. The Hall–Kier alpha value is -3.48. The Kier molecular flexibility index (Phi) is 4.45. The zero-order valence-corrected chi connectivity index (χ0v) is 17.3. The van der Waals surface area contributed by atoms with Gasteiger partial charge < -0.3 is 14.3 Å². The maximum atomic E-state index is 13.3. The highest BCUT2D eigenvalue weighted by atomic mass is 16.5. The third-order valence-corrected chi connectivity index (χ3v) is 4.94. The molecular formula is C22H22N4O3. The molecule has 0 fully saturated rings. The van der Waals surface area contributed by atoms with Crippen molar-refractivity contribution in [3.63, 3.8) is 0 Å². The number of rotatable bonds is 3. The topological polar surface area (TPSA) is 94.1 Å². The maximum absolute atomic E-state index is 13.3. The number of aryl methyl sites for hydroxylation is 6. The van der Waals surface area contributed by atoms with Crippen molar-refractivity contribution in [2.45, 2.75) is 41.5 Å². The lowest BCUT2D eigenvalue weighted by molar-refractivity contribution is 0.102. The predicted molar refractivity (Wildman–Crippen MR) is 110 cm³/mol. The summed E-state index contributed by atoms with van der Waals surface area (Å²) in [5.74, 6) is 1.24. The van der Waals surface area contributed by atoms with Crippen LogP contribution in [-0.4, -0.2) is 21.0 Å². The molecule has 0 aliphatic heterocycles. The van der Waals surface area contributed by atoms with E-state index in [9.17, 15) is 4.79 Å². The number of furan rings is 1. The van der Waals surface area contributed by atoms with Gasteiger partial charge in [0.1, 0.15) is 11.5 Å². The van der Waals surface area contributed by atoms with Gasteiger partial charge in [0.05, 0.1) is 33.7 Å². The van der Waals surface area contributed by atoms with E-state index in [4.69, 9.17) is 8.94 Å². The highest BCUT2D eigenvalue weighted by molar-refractivity contribution is 6.13. The zero-order valence-electron chi connectivity index (χ0n) is 17.3. The lowest BCUT2D eigenvalue weighted by atomic mass is 10.0. The molecule has 0 aliphatic rings. The second-order valence-corrected chi connectivity index (χ2v) is 7.33. The number of carbonyl (C=O) groups is 1. The molecule has 0 spiro atoms. The first-order valence-corrected chi connectivity index (χ1v) is 9.35. The molecule has 7 heteroatoms. The molecule has 0 aromatic carbocycles. The van der Waals surface area contributed by atoms with E-state index in [2.05, 4.69) is 20.4 Å². The lowest BCUT2D eigenvalue weighted by Gasteiger charge is -2.13. The van der Waals surface area contributed by atoms with Gasteiger partial charge in [-0.25, -0.2) is 4.98 Å². The molecule has 0 radical (unpaired) electrons. The molecule has 0 atom stereocenters. The Labute approximate surface area is 168 Å². The SMILES string of the molecule is Cc1cc(C)c(NC(=O)c2cc(-c3cc(C)oc3C)nc3onc(C)c23)c(C)n1. The molecule has 0 saturated heterocycles. The number of hydrogen-bond acceptors (Lipinski definition) is 6. The van der Waals surface area contributed by atoms with E-state index in [-0.39, 0.29) is 5.91 Å². The van der Waals surface area contributed by atoms with Crippen LogP contribution in [0.3, 0.4) is 0 Å². The molecule has 0 aliphatic carbocycles. The van der Waals surface area contributed by atoms with Crippen LogP contribution in [-0.2, 0) is 0 Å². The van der Waals surface area contributed by atoms with Crippen LogP contribution in [0.15, 0.2) is 27.1 Å². The summed E-state index contributed by atoms with van der Waals surface area (Å²) in [4.78, 5) is 22.3. The van der Waals surface area contributed by atoms with Gasteiger partial charge in [-0.2, -0.15) is 0 Å². The predicted octanol–water partition coefficient (Wildman–Crippen LogP) is 4.98. The van der Waals surface area contributed by atoms with Crippen molar-refractivity contribution < 1.29 is 13.7 Å². The number of pyridine rings is 2. The molecule has 0 saturated carbocycles. The van der Waals surface area contributed by atoms with Crippen molar-refractivity contribution in [3.05, 3.63) is 57.9 Å². The fourth-order valence-corrected chi connectivity index (χ4v) is 3.69. The van der Waals surface area contributed by atoms with Gasteiger partial charge in [-0.3, -0.25) is 9.78 Å². The number of carbonyl (C=O) groups excluding carboxylic acids is 1. The quantitative estimate of drug-likeness (QED) is 0.530. The van der Waals surface area contributed by atoms with Crippen LogP contribution in [0.1, 0.15) is 44.5 Å². The van der Waals surface area contributed by atoms with Crippen LogP contribution in [0.4, 0.5) is 5.69 Å². The van der Waals surface area contributed by atoms with E-state index in [1.807, 2.05) is 46.8 Å². The molecule has 4 aromatic heterocycles. The first kappa shape index (κ1) is 18.9. The zero-order chi connectivity index (χ0) is 20.9. The highest BCUT2D eigenvalue weighted by Gasteiger charge is 2.22. The third-order valence-electron chi connectivity index (χ3n) is 4.94. The molecule has 4 heterocycles. The smallest absolute Gasteiger partial charge is 0.259 e. The summed E-state index contributed by atoms with van der Waals surface area (Å²) in [6.45, 7) is 11.3. The summed E-state index contributed by atoms with van der Waals surface area (Å²) in [6, 6.07) is 5.59. The monoisotopic (exact) mass is 390 g/mol. The average molecular weight is 390 g/mol. The van der Waals surface area contributed by atoms with Gasteiger partial charge in [0.25, 0.3) is 11.6 Å². The molecule has 0 bridgehead atoms. The highest BCUT2D eigenvalue weighted by Crippen LogP contribution is 2.31. The average Bonchev–Trinajstić information content (AvgIpc) is 3.19. The number of nitrogens with zero attached hydrogens (tertiary/aromatic N) is 3. The summed E-state index contributed by atoms with van der Waals surface area (Å²) in [5.41, 5.74) is 6.13. The Morgan fingerprint density at radius 2 is 1.72 bits per heavy atom. The molecule has 1 N–H and O–H groups in total. The summed E-state index contributed by atoms with van der Waals surface area (Å²) >= 11 is 0. The minimum absolute atomic E-state index is 0.264. The summed E-state index contributed by atoms with van der Waals surface area (Å²) in [7, 11) is 0. The van der Waals surface area contributed by atoms with Gasteiger partial charge in [0.15, 0.2) is 0 Å². The molecule has 148 valence electrons. The van der Waals surface area contributed by atoms with Gasteiger partial charge in [-0.15, -0.1) is 0 Å². The fourth-order valence-electron chi connectivity index (χ4n) is 3.69. The number of amides is 1. The van der Waals surface area contributed by atoms with Crippen molar-refractivity contribution in [1.82, 2.24) is 15.1 Å². The van der Waals surface area contributed by atoms with Crippen LogP contribution < -0.4 is 5.32 Å². The van der Waals surface area contributed by atoms with E-state index in [0.717, 1.165) is 34.0 Å². The second-order valence-electron chi connectivity index (χ2n) is 7.33. The van der Waals surface area contributed by atoms with Gasteiger partial charge in [-0.1, -0.05) is 5.16 Å². The second kappa shape index (κ2) is 6.84. The standard InChI is InChI=1S/C22H22N4O3/c1-10-7-11(2)23-14(5)20(10)25-21(27)17-9-18(16-8-12(3)28-15(16)6)24-22-19(17)13(4)26-29-22/h7-9H,1-6H3,(H,25,27). The first-order chi connectivity index (χ1) is 13.7. The van der Waals surface area contributed by atoms with Crippen molar-refractivity contribution in [2.75, 3.05) is 5.32 Å². The van der Waals surface area contributed by atoms with E-state index < -0.39 is 0 Å². The Morgan fingerprint density at radius 3 is 2.38 bits per heavy atom. The third kappa shape index (κ3) is 3.29. The van der Waals surface area contributed by atoms with Crippen LogP contribution in [0, 0.1) is 41.5 Å². The van der Waals surface area contributed by atoms with Crippen molar-refractivity contribution in [1.29, 1.82) is 0 Å². The molecule has 0 unspecified atom stereocenters. The lowest BCUT2D eigenvalue weighted by Crippen LogP contribution is -2.15. The molecular weight excluding hydrogens is 368 g/mol. The van der Waals surface area contributed by atoms with E-state index in [1.54, 1.807) is 13.0 Å². The van der Waals surface area contributed by atoms with E-state index in [0.29, 0.717) is 33.7 Å². The Morgan fingerprint density at radius 1 is 0.966 bits per heavy atom. The van der Waals surface area contributed by atoms with Gasteiger partial charge in [0.2, 0.25) is 0 Å². The van der Waals surface area contributed by atoms with E-state index >= 15 is 0 Å². The minimum Gasteiger partial charge on any atom is -0.466 e. The number of hydrogen-bond donors (Lipinski definition) is 1. The van der Waals surface area contributed by atoms with Gasteiger partial charge in [0, 0.05) is 11.3 Å². The van der Waals surface area contributed by atoms with Crippen molar-refractivity contribution in [3.8, 4) is 11.3 Å². The largest absolute Gasteiger partial charge is 0.466 e. The Bertz CT molecular complexity index is 1240.